The molecule has 0 aliphatic heterocycles. The van der Waals surface area contributed by atoms with Gasteiger partial charge in [0.25, 0.3) is 0 Å². The number of ether oxygens (including phenoxy) is 1. The van der Waals surface area contributed by atoms with Gasteiger partial charge in [0, 0.05) is 0 Å². The van der Waals surface area contributed by atoms with Gasteiger partial charge in [-0.2, -0.15) is 0 Å². The highest BCUT2D eigenvalue weighted by Crippen LogP contribution is 2.07. The Morgan fingerprint density at radius 3 is 2.58 bits per heavy atom. The van der Waals surface area contributed by atoms with Crippen molar-refractivity contribution in [2.24, 2.45) is 0 Å². The number of hydrogen-bond acceptors (Lipinski definition) is 3. The Hall–Kier alpha value is -1.55. The van der Waals surface area contributed by atoms with Crippen LogP contribution in [0.25, 0.3) is 0 Å². The highest BCUT2D eigenvalue weighted by Gasteiger charge is 2.03. The van der Waals surface area contributed by atoms with E-state index in [4.69, 9.17) is 4.74 Å². The summed E-state index contributed by atoms with van der Waals surface area (Å²) in [4.78, 5) is 14.9. The Bertz CT molecular complexity index is 248. The van der Waals surface area contributed by atoms with Crippen molar-refractivity contribution in [3.8, 4) is 5.75 Å². The Morgan fingerprint density at radius 2 is 2.00 bits per heavy atom. The van der Waals surface area contributed by atoms with E-state index < -0.39 is 6.09 Å². The molecular weight excluding hydrogens is 158 g/mol. The molecule has 0 bridgehead atoms. The summed E-state index contributed by atoms with van der Waals surface area (Å²) in [6.07, 6.45) is -0.760. The lowest BCUT2D eigenvalue weighted by Gasteiger charge is -2.00. The quantitative estimate of drug-likeness (QED) is 0.623. The fraction of sp³-hybridized carbons (Fsp3) is 0.125. The van der Waals surface area contributed by atoms with Crippen molar-refractivity contribution in [2.75, 3.05) is 7.11 Å². The Labute approximate surface area is 70.1 Å². The van der Waals surface area contributed by atoms with Crippen molar-refractivity contribution in [1.82, 2.24) is 5.48 Å². The van der Waals surface area contributed by atoms with Crippen LogP contribution < -0.4 is 10.2 Å². The van der Waals surface area contributed by atoms with Crippen LogP contribution in [0.3, 0.4) is 0 Å². The molecule has 1 radical (unpaired) electrons. The van der Waals surface area contributed by atoms with E-state index in [-0.39, 0.29) is 0 Å². The highest BCUT2D eigenvalue weighted by atomic mass is 16.7. The first-order valence-corrected chi connectivity index (χ1v) is 3.34. The number of para-hydroxylation sites is 1. The predicted molar refractivity (Wildman–Crippen MR) is 41.6 cm³/mol. The molecule has 0 unspecified atom stereocenters. The topological polar surface area (TPSA) is 49.6 Å². The SMILES string of the molecule is CO[N]C(=O)Oc1ccccc1. The lowest BCUT2D eigenvalue weighted by atomic mass is 10.3. The minimum absolute atomic E-state index is 0.448. The number of rotatable bonds is 2. The first kappa shape index (κ1) is 8.55. The molecule has 4 nitrogen and oxygen atoms in total. The molecular formula is C8H8NO3. The largest absolute Gasteiger partial charge is 0.461 e. The number of hydroxylamine groups is 1. The third-order valence-electron chi connectivity index (χ3n) is 1.11. The number of carbonyl (C=O) groups excluding carboxylic acids is 1. The summed E-state index contributed by atoms with van der Waals surface area (Å²) in [5.74, 6) is 0.448. The highest BCUT2D eigenvalue weighted by molar-refractivity contribution is 5.68. The number of benzene rings is 1. The van der Waals surface area contributed by atoms with E-state index in [1.165, 1.54) is 7.11 Å². The van der Waals surface area contributed by atoms with Crippen LogP contribution in [-0.2, 0) is 4.84 Å². The molecule has 1 rings (SSSR count). The predicted octanol–water partition coefficient (Wildman–Crippen LogP) is 1.35. The van der Waals surface area contributed by atoms with Gasteiger partial charge in [0.1, 0.15) is 5.75 Å². The van der Waals surface area contributed by atoms with Gasteiger partial charge in [-0.05, 0) is 12.1 Å². The molecule has 0 aliphatic carbocycles. The number of carbonyl (C=O) groups is 1. The molecule has 0 aliphatic rings. The zero-order valence-electron chi connectivity index (χ0n) is 6.56. The van der Waals surface area contributed by atoms with Gasteiger partial charge < -0.3 is 4.74 Å². The lowest BCUT2D eigenvalue weighted by Crippen LogP contribution is -2.18. The third kappa shape index (κ3) is 2.59. The number of nitrogens with zero attached hydrogens (tertiary/aromatic N) is 1. The minimum atomic E-state index is -0.760. The summed E-state index contributed by atoms with van der Waals surface area (Å²) < 4.78 is 4.72. The van der Waals surface area contributed by atoms with Crippen molar-refractivity contribution in [3.05, 3.63) is 30.3 Å². The first-order valence-electron chi connectivity index (χ1n) is 3.34. The van der Waals surface area contributed by atoms with Gasteiger partial charge in [-0.3, -0.25) is 0 Å². The molecule has 1 aromatic rings. The summed E-state index contributed by atoms with van der Waals surface area (Å²) >= 11 is 0. The monoisotopic (exact) mass is 166 g/mol. The summed E-state index contributed by atoms with van der Waals surface area (Å²) in [6.45, 7) is 0. The van der Waals surface area contributed by atoms with E-state index in [9.17, 15) is 4.79 Å². The fourth-order valence-electron chi connectivity index (χ4n) is 0.683. The third-order valence-corrected chi connectivity index (χ3v) is 1.11. The summed E-state index contributed by atoms with van der Waals surface area (Å²) in [5.41, 5.74) is 3.06. The molecule has 0 saturated carbocycles. The standard InChI is InChI=1S/C8H8NO3/c1-11-9-8(10)12-7-5-3-2-4-6-7/h2-6H,1H3. The summed E-state index contributed by atoms with van der Waals surface area (Å²) in [6, 6.07) is 8.65. The Kier molecular flexibility index (Phi) is 3.10. The van der Waals surface area contributed by atoms with Crippen LogP contribution in [0.2, 0.25) is 0 Å². The second kappa shape index (κ2) is 4.35. The molecule has 12 heavy (non-hydrogen) atoms. The van der Waals surface area contributed by atoms with E-state index in [2.05, 4.69) is 10.3 Å². The zero-order valence-corrected chi connectivity index (χ0v) is 6.56. The maximum absolute atomic E-state index is 10.7. The van der Waals surface area contributed by atoms with Gasteiger partial charge in [-0.1, -0.05) is 23.7 Å². The molecule has 0 heterocycles. The van der Waals surface area contributed by atoms with Crippen LogP contribution >= 0.6 is 0 Å². The second-order valence-corrected chi connectivity index (χ2v) is 1.95. The fourth-order valence-corrected chi connectivity index (χ4v) is 0.683. The average Bonchev–Trinajstić information content (AvgIpc) is 2.06. The van der Waals surface area contributed by atoms with Crippen molar-refractivity contribution in [2.45, 2.75) is 0 Å². The van der Waals surface area contributed by atoms with Gasteiger partial charge in [0.05, 0.1) is 7.11 Å². The van der Waals surface area contributed by atoms with E-state index in [0.717, 1.165) is 0 Å². The maximum atomic E-state index is 10.7. The average molecular weight is 166 g/mol. The van der Waals surface area contributed by atoms with Crippen LogP contribution in [0.15, 0.2) is 30.3 Å². The molecule has 0 fully saturated rings. The molecule has 1 amide bonds. The summed E-state index contributed by atoms with van der Waals surface area (Å²) in [7, 11) is 1.28. The van der Waals surface area contributed by atoms with Crippen LogP contribution in [-0.4, -0.2) is 13.2 Å². The van der Waals surface area contributed by atoms with Crippen molar-refractivity contribution < 1.29 is 14.4 Å². The van der Waals surface area contributed by atoms with Crippen molar-refractivity contribution in [1.29, 1.82) is 0 Å². The van der Waals surface area contributed by atoms with Gasteiger partial charge >= 0.3 is 6.09 Å². The molecule has 0 atom stereocenters. The molecule has 63 valence electrons. The molecule has 0 saturated heterocycles. The van der Waals surface area contributed by atoms with Crippen molar-refractivity contribution in [3.63, 3.8) is 0 Å². The first-order chi connectivity index (χ1) is 5.83. The van der Waals surface area contributed by atoms with E-state index in [1.807, 2.05) is 6.07 Å². The van der Waals surface area contributed by atoms with Crippen LogP contribution in [0.4, 0.5) is 4.79 Å². The van der Waals surface area contributed by atoms with Gasteiger partial charge in [0.2, 0.25) is 0 Å². The normalized spacial score (nSPS) is 9.08. The van der Waals surface area contributed by atoms with E-state index in [1.54, 1.807) is 24.3 Å². The van der Waals surface area contributed by atoms with Gasteiger partial charge in [-0.25, -0.2) is 9.63 Å². The summed E-state index contributed by atoms with van der Waals surface area (Å²) in [5, 5.41) is 0. The number of amides is 1. The van der Waals surface area contributed by atoms with E-state index in [0.29, 0.717) is 5.75 Å². The van der Waals surface area contributed by atoms with Gasteiger partial charge in [-0.15, -0.1) is 0 Å². The molecule has 1 aromatic carbocycles. The molecule has 0 spiro atoms. The van der Waals surface area contributed by atoms with Crippen LogP contribution in [0.1, 0.15) is 0 Å². The second-order valence-electron chi connectivity index (χ2n) is 1.95. The molecule has 4 heteroatoms. The van der Waals surface area contributed by atoms with Gasteiger partial charge in [0.15, 0.2) is 0 Å². The lowest BCUT2D eigenvalue weighted by molar-refractivity contribution is 0.0778. The maximum Gasteiger partial charge on any atom is 0.461 e. The molecule has 0 N–H and O–H groups in total. The van der Waals surface area contributed by atoms with Crippen LogP contribution in [0, 0.1) is 0 Å². The Balaban J connectivity index is 2.47. The Morgan fingerprint density at radius 1 is 1.33 bits per heavy atom. The number of hydrogen-bond donors (Lipinski definition) is 0. The van der Waals surface area contributed by atoms with Crippen molar-refractivity contribution >= 4 is 6.09 Å². The van der Waals surface area contributed by atoms with E-state index >= 15 is 0 Å². The smallest absolute Gasteiger partial charge is 0.407 e. The minimum Gasteiger partial charge on any atom is -0.407 e. The van der Waals surface area contributed by atoms with Crippen LogP contribution in [0.5, 0.6) is 5.75 Å². The molecule has 0 aromatic heterocycles. The zero-order chi connectivity index (χ0) is 8.81.